The molecule has 4 aromatic carbocycles. The van der Waals surface area contributed by atoms with Crippen molar-refractivity contribution in [3.8, 4) is 11.5 Å². The van der Waals surface area contributed by atoms with Gasteiger partial charge in [0.15, 0.2) is 11.5 Å². The van der Waals surface area contributed by atoms with Crippen LogP contribution in [-0.2, 0) is 26.1 Å². The molecule has 1 spiro atoms. The third kappa shape index (κ3) is 8.08. The van der Waals surface area contributed by atoms with E-state index in [0.29, 0.717) is 35.7 Å². The maximum atomic E-state index is 12.3. The van der Waals surface area contributed by atoms with Crippen LogP contribution in [0, 0.1) is 11.8 Å². The van der Waals surface area contributed by atoms with Gasteiger partial charge in [-0.3, -0.25) is 9.69 Å². The number of para-hydroxylation sites is 1. The Bertz CT molecular complexity index is 2400. The van der Waals surface area contributed by atoms with E-state index in [1.54, 1.807) is 30.3 Å². The Morgan fingerprint density at radius 2 is 1.72 bits per heavy atom. The number of rotatable bonds is 7. The van der Waals surface area contributed by atoms with E-state index in [1.807, 2.05) is 43.1 Å². The topological polar surface area (TPSA) is 115 Å². The molecule has 7 aliphatic rings. The quantitative estimate of drug-likeness (QED) is 0.139. The van der Waals surface area contributed by atoms with Crippen molar-refractivity contribution in [3.63, 3.8) is 0 Å². The summed E-state index contributed by atoms with van der Waals surface area (Å²) >= 11 is 8.03. The fraction of sp³-hybridized carbons (Fsp3) is 0.451. The highest BCUT2D eigenvalue weighted by Crippen LogP contribution is 2.62. The lowest BCUT2D eigenvalue weighted by atomic mass is 9.53. The number of esters is 2. The minimum atomic E-state index is -0.594. The summed E-state index contributed by atoms with van der Waals surface area (Å²) < 4.78 is 16.7. The number of piperidine rings is 2. The summed E-state index contributed by atoms with van der Waals surface area (Å²) in [7, 11) is 9.84. The number of anilines is 2. The van der Waals surface area contributed by atoms with Crippen molar-refractivity contribution in [1.82, 2.24) is 14.7 Å². The number of nitrogens with zero attached hydrogens (tertiary/aromatic N) is 4. The minimum absolute atomic E-state index is 0.0970. The second-order valence-electron chi connectivity index (χ2n) is 18.5. The van der Waals surface area contributed by atoms with Crippen molar-refractivity contribution >= 4 is 46.7 Å². The van der Waals surface area contributed by atoms with Gasteiger partial charge in [0.25, 0.3) is 0 Å². The predicted octanol–water partition coefficient (Wildman–Crippen LogP) is 7.96. The first-order valence-electron chi connectivity index (χ1n) is 22.5. The van der Waals surface area contributed by atoms with E-state index in [-0.39, 0.29) is 35.2 Å². The first-order valence-corrected chi connectivity index (χ1v) is 23.7. The van der Waals surface area contributed by atoms with Crippen LogP contribution >= 0.6 is 23.4 Å². The number of aliphatic hydroxyl groups excluding tert-OH is 1. The van der Waals surface area contributed by atoms with Crippen LogP contribution in [0.2, 0.25) is 5.02 Å². The number of carbonyl (C=O) groups excluding carboxylic acids is 2. The molecular formula is C51H59ClN4O7S. The minimum Gasteiger partial charge on any atom is -0.504 e. The fourth-order valence-corrected chi connectivity index (χ4v) is 12.8. The summed E-state index contributed by atoms with van der Waals surface area (Å²) in [5.74, 6) is 0.127. The van der Waals surface area contributed by atoms with E-state index in [1.165, 1.54) is 39.4 Å². The third-order valence-corrected chi connectivity index (χ3v) is 16.0. The Balaban J connectivity index is 0.000000122. The number of phenols is 1. The van der Waals surface area contributed by atoms with Crippen LogP contribution in [0.25, 0.3) is 0 Å². The van der Waals surface area contributed by atoms with E-state index in [4.69, 9.17) is 25.8 Å². The van der Waals surface area contributed by atoms with Gasteiger partial charge in [-0.2, -0.15) is 0 Å². The molecule has 9 atom stereocenters. The molecule has 13 heteroatoms. The zero-order valence-corrected chi connectivity index (χ0v) is 38.8. The number of hydrogen-bond acceptors (Lipinski definition) is 12. The number of halogens is 1. The van der Waals surface area contributed by atoms with Crippen molar-refractivity contribution in [2.75, 3.05) is 59.8 Å². The fourth-order valence-electron chi connectivity index (χ4n) is 11.6. The van der Waals surface area contributed by atoms with Gasteiger partial charge in [-0.1, -0.05) is 71.9 Å². The number of likely N-dealkylation sites (N-methyl/N-ethyl adjacent to an activating group) is 1. The molecule has 338 valence electrons. The molecule has 11 rings (SSSR count). The number of benzene rings is 4. The van der Waals surface area contributed by atoms with Gasteiger partial charge in [-0.25, -0.2) is 4.79 Å². The number of hydrogen-bond donors (Lipinski definition) is 2. The molecule has 0 radical (unpaired) electrons. The number of likely N-dealkylation sites (tertiary alicyclic amines) is 1. The largest absolute Gasteiger partial charge is 0.504 e. The summed E-state index contributed by atoms with van der Waals surface area (Å²) in [6.45, 7) is 3.10. The second kappa shape index (κ2) is 18.4. The molecule has 5 heterocycles. The molecule has 3 fully saturated rings. The molecular weight excluding hydrogens is 848 g/mol. The summed E-state index contributed by atoms with van der Waals surface area (Å²) in [5.41, 5.74) is 5.32. The van der Waals surface area contributed by atoms with Gasteiger partial charge >= 0.3 is 11.9 Å². The average molecular weight is 908 g/mol. The highest BCUT2D eigenvalue weighted by Gasteiger charge is 2.64. The number of methoxy groups -OCH3 is 1. The Labute approximate surface area is 385 Å². The monoisotopic (exact) mass is 906 g/mol. The number of aromatic hydroxyl groups is 1. The van der Waals surface area contributed by atoms with Crippen LogP contribution in [0.3, 0.4) is 0 Å². The number of ether oxygens (including phenoxy) is 3. The second-order valence-corrected chi connectivity index (χ2v) is 20.0. The lowest BCUT2D eigenvalue weighted by molar-refractivity contribution is -0.156. The lowest BCUT2D eigenvalue weighted by Crippen LogP contribution is -2.64. The molecule has 0 amide bonds. The number of phenolic OH excluding ortho intramolecular Hbond substituents is 1. The maximum absolute atomic E-state index is 12.3. The van der Waals surface area contributed by atoms with Gasteiger partial charge < -0.3 is 39.1 Å². The Morgan fingerprint density at radius 1 is 0.953 bits per heavy atom. The zero-order chi connectivity index (χ0) is 44.9. The zero-order valence-electron chi connectivity index (χ0n) is 37.2. The molecule has 2 N–H and O–H groups in total. The maximum Gasteiger partial charge on any atom is 0.338 e. The molecule has 0 saturated carbocycles. The van der Waals surface area contributed by atoms with Crippen LogP contribution in [0.15, 0.2) is 107 Å². The Hall–Kier alpha value is -4.56. The number of fused-ring (bicyclic) bond motifs is 4. The number of carbonyl (C=O) groups is 2. The normalized spacial score (nSPS) is 28.9. The summed E-state index contributed by atoms with van der Waals surface area (Å²) in [6.07, 6.45) is 8.56. The van der Waals surface area contributed by atoms with Crippen LogP contribution in [0.5, 0.6) is 11.5 Å². The van der Waals surface area contributed by atoms with Gasteiger partial charge in [0.2, 0.25) is 0 Å². The highest BCUT2D eigenvalue weighted by molar-refractivity contribution is 7.99. The van der Waals surface area contributed by atoms with Gasteiger partial charge in [0.1, 0.15) is 24.2 Å². The number of aliphatic hydroxyl groups is 1. The van der Waals surface area contributed by atoms with Gasteiger partial charge in [-0.15, -0.1) is 0 Å². The molecule has 4 aromatic rings. The summed E-state index contributed by atoms with van der Waals surface area (Å²) in [6, 6.07) is 28.4. The van der Waals surface area contributed by atoms with Crippen molar-refractivity contribution in [2.45, 2.75) is 90.2 Å². The van der Waals surface area contributed by atoms with Gasteiger partial charge in [0.05, 0.1) is 24.0 Å². The van der Waals surface area contributed by atoms with Gasteiger partial charge in [0, 0.05) is 62.8 Å². The molecule has 2 unspecified atom stereocenters. The molecule has 0 aromatic heterocycles. The smallest absolute Gasteiger partial charge is 0.338 e. The molecule has 64 heavy (non-hydrogen) atoms. The van der Waals surface area contributed by atoms with Crippen LogP contribution in [0.4, 0.5) is 11.4 Å². The Morgan fingerprint density at radius 3 is 2.50 bits per heavy atom. The van der Waals surface area contributed by atoms with Crippen molar-refractivity contribution in [2.24, 2.45) is 11.8 Å². The molecule has 2 aliphatic carbocycles. The van der Waals surface area contributed by atoms with Crippen LogP contribution in [0.1, 0.15) is 53.6 Å². The Kier molecular flexibility index (Phi) is 12.8. The van der Waals surface area contributed by atoms with Crippen molar-refractivity contribution in [1.29, 1.82) is 0 Å². The van der Waals surface area contributed by atoms with Gasteiger partial charge in [-0.05, 0) is 127 Å². The molecule has 4 bridgehead atoms. The predicted molar refractivity (Wildman–Crippen MR) is 250 cm³/mol. The molecule has 3 saturated heterocycles. The first-order chi connectivity index (χ1) is 30.9. The van der Waals surface area contributed by atoms with Crippen LogP contribution < -0.4 is 9.64 Å². The molecule has 11 nitrogen and oxygen atoms in total. The SMILES string of the molecule is CN(C)CCCN1c2ccccc2Sc2ccc(Cl)cc21.CN1CC[C@]23c4c5ccc(O)c4O[C@H]2[C@@H](O)C=C[C@H]3[C@H]1C5.COC(=O)[C@@H]1C2CCC(C[C@@H]1OC(=O)c1ccccc1)N2C. The first kappa shape index (κ1) is 44.6. The molecule has 5 aliphatic heterocycles. The summed E-state index contributed by atoms with van der Waals surface area (Å²) in [5, 5.41) is 21.4. The lowest BCUT2D eigenvalue weighted by Gasteiger charge is -2.56. The van der Waals surface area contributed by atoms with E-state index >= 15 is 0 Å². The average Bonchev–Trinajstić information content (AvgIpc) is 3.77. The summed E-state index contributed by atoms with van der Waals surface area (Å²) in [4.78, 5) is 36.4. The van der Waals surface area contributed by atoms with E-state index < -0.39 is 18.1 Å². The van der Waals surface area contributed by atoms with Crippen LogP contribution in [-0.4, -0.2) is 128 Å². The van der Waals surface area contributed by atoms with E-state index in [0.717, 1.165) is 56.8 Å². The highest BCUT2D eigenvalue weighted by atomic mass is 35.5. The van der Waals surface area contributed by atoms with Crippen molar-refractivity contribution in [3.05, 3.63) is 119 Å². The standard InChI is InChI=1S/C17H19ClN2S.C17H21NO4.C17H19NO3/c1-19(2)10-5-11-20-14-6-3-4-7-16(14)21-17-9-8-13(18)12-15(17)20;1-18-12-8-9-13(18)15(17(20)21-2)14(10-12)22-16(19)11-6-4-3-5-7-11;1-18-7-6-17-10-3-5-13(20)16(17)21-15-12(19)4-2-9(14(15)17)8-11(10)18/h3-4,6-9,12H,5,10-11H2,1-2H3;3-7,12-15H,8-10H2,1-2H3;2-5,10-11,13,16,19-20H,6-8H2,1H3/t;12?,13?,14-,15+;10-,11+,13-,16-,17-/m.00/s1. The van der Waals surface area contributed by atoms with E-state index in [9.17, 15) is 19.8 Å². The third-order valence-electron chi connectivity index (χ3n) is 14.7. The van der Waals surface area contributed by atoms with Crippen molar-refractivity contribution < 1.29 is 34.0 Å². The van der Waals surface area contributed by atoms with E-state index in [2.05, 4.69) is 83.2 Å².